The van der Waals surface area contributed by atoms with E-state index in [1.807, 2.05) is 0 Å². The summed E-state index contributed by atoms with van der Waals surface area (Å²) in [7, 11) is 13.1. The normalized spacial score (nSPS) is 23.4. The molecule has 0 radical (unpaired) electrons. The van der Waals surface area contributed by atoms with Crippen molar-refractivity contribution in [1.82, 2.24) is 0 Å². The third kappa shape index (κ3) is 7.68. The summed E-state index contributed by atoms with van der Waals surface area (Å²) in [5, 5.41) is 11.4. The Morgan fingerprint density at radius 3 is 1.40 bits per heavy atom. The number of hydrogen-bond donors (Lipinski definition) is 0. The highest BCUT2D eigenvalue weighted by Gasteiger charge is 2.61. The van der Waals surface area contributed by atoms with Gasteiger partial charge in [0.1, 0.15) is 55.5 Å². The van der Waals surface area contributed by atoms with Crippen LogP contribution in [0.1, 0.15) is 58.4 Å². The van der Waals surface area contributed by atoms with Crippen LogP contribution in [0.25, 0.3) is 32.7 Å². The Labute approximate surface area is 465 Å². The Bertz CT molecular complexity index is 3970. The van der Waals surface area contributed by atoms with Crippen molar-refractivity contribution in [3.8, 4) is 0 Å². The van der Waals surface area contributed by atoms with E-state index in [1.165, 1.54) is 132 Å². The molecule has 4 atom stereocenters. The molecule has 0 N–H and O–H groups in total. The molecular weight excluding hydrogens is 985 g/mol. The molecule has 6 aromatic carbocycles. The molecule has 0 aromatic heterocycles. The van der Waals surface area contributed by atoms with Crippen molar-refractivity contribution < 1.29 is 18.9 Å². The Hall–Kier alpha value is -6.95. The fourth-order valence-corrected chi connectivity index (χ4v) is 20.2. The van der Waals surface area contributed by atoms with Gasteiger partial charge in [-0.2, -0.15) is 0 Å². The number of fused-ring (bicyclic) bond motifs is 7. The number of aryl methyl sites for hydroxylation is 2. The molecule has 0 saturated carbocycles. The van der Waals surface area contributed by atoms with E-state index in [-0.39, 0.29) is 11.8 Å². The molecule has 4 heterocycles. The Morgan fingerprint density at radius 2 is 0.923 bits per heavy atom. The Morgan fingerprint density at radius 1 is 0.487 bits per heavy atom. The third-order valence-corrected chi connectivity index (χ3v) is 25.9. The molecule has 6 aromatic rings. The summed E-state index contributed by atoms with van der Waals surface area (Å²) in [6.07, 6.45) is 23.1. The SMILES string of the molecule is CN(C)c1ccc2c(c1)[Si](C)(C)C1=CC(=[N+](C)C)C=CC1=C2c1ccc2c(c1)C1(C)OOC2(C)C2C=CC=CC21.Cc1c2ccccc2c(C)c2cc(C3=C4C=CC(=[N+](C)C)C=C4[Si](C)(C)c4cc(N(C)C)ccc43)ccc12. The van der Waals surface area contributed by atoms with E-state index in [0.717, 1.165) is 0 Å². The molecule has 1 saturated heterocycles. The molecule has 14 rings (SSSR count). The van der Waals surface area contributed by atoms with Gasteiger partial charge in [0.15, 0.2) is 11.4 Å². The number of hydrogen-bond acceptors (Lipinski definition) is 4. The van der Waals surface area contributed by atoms with Crippen LogP contribution in [0.5, 0.6) is 0 Å². The fourth-order valence-electron chi connectivity index (χ4n) is 14.1. The maximum absolute atomic E-state index is 6.26. The summed E-state index contributed by atoms with van der Waals surface area (Å²) < 4.78 is 4.44. The van der Waals surface area contributed by atoms with Crippen LogP contribution in [-0.2, 0) is 21.0 Å². The van der Waals surface area contributed by atoms with Crippen LogP contribution in [0, 0.1) is 25.7 Å². The largest absolute Gasteiger partial charge is 0.378 e. The van der Waals surface area contributed by atoms with Gasteiger partial charge in [-0.1, -0.05) is 111 Å². The van der Waals surface area contributed by atoms with E-state index in [1.54, 1.807) is 0 Å². The lowest BCUT2D eigenvalue weighted by molar-refractivity contribution is -0.477. The van der Waals surface area contributed by atoms with Gasteiger partial charge >= 0.3 is 0 Å². The molecule has 0 amide bonds. The van der Waals surface area contributed by atoms with Gasteiger partial charge in [0, 0.05) is 75.7 Å². The van der Waals surface area contributed by atoms with E-state index in [0.29, 0.717) is 0 Å². The van der Waals surface area contributed by atoms with Crippen molar-refractivity contribution in [2.24, 2.45) is 11.8 Å². The highest BCUT2D eigenvalue weighted by atomic mass is 28.3. The number of anilines is 2. The maximum Gasteiger partial charge on any atom is 0.199 e. The average Bonchev–Trinajstić information content (AvgIpc) is 3.05. The van der Waals surface area contributed by atoms with Gasteiger partial charge in [0.05, 0.1) is 0 Å². The number of benzene rings is 6. The highest BCUT2D eigenvalue weighted by Crippen LogP contribution is 2.61. The fraction of sp³-hybridized carbons (Fsp3) is 0.286. The minimum absolute atomic E-state index is 0.228. The van der Waals surface area contributed by atoms with E-state index < -0.39 is 27.3 Å². The van der Waals surface area contributed by atoms with Gasteiger partial charge in [-0.25, -0.2) is 18.9 Å². The zero-order chi connectivity index (χ0) is 55.1. The summed E-state index contributed by atoms with van der Waals surface area (Å²) in [5.41, 5.74) is 19.9. The van der Waals surface area contributed by atoms with Crippen molar-refractivity contribution >= 4 is 82.0 Å². The molecule has 8 heteroatoms. The molecule has 8 aliphatic rings. The average molecular weight is 1060 g/mol. The summed E-state index contributed by atoms with van der Waals surface area (Å²) in [6, 6.07) is 37.2. The molecule has 4 aliphatic carbocycles. The van der Waals surface area contributed by atoms with Crippen molar-refractivity contribution in [3.63, 3.8) is 0 Å². The van der Waals surface area contributed by atoms with Crippen molar-refractivity contribution in [3.05, 3.63) is 224 Å². The standard InChI is InChI=1S/C35H39N2O2Si.C35H37N2Si/c1-34-27-11-9-10-12-28(27)35(2,39-38-34)30-19-22(13-18-29(30)34)33-25-16-14-23(36(3)4)20-31(25)40(7,8)32-21-24(37(5)6)15-17-26(32)33;1-22-27-11-9-10-12-28(27)23(2)32-19-24(13-16-29(22)32)35-30-17-14-25(36(3)4)20-33(30)38(7,8)34-21-26(37(5)6)15-18-31(34)35/h9-21,27-28H,1-8H3;9-21H,1-8H3/q2*+1. The van der Waals surface area contributed by atoms with Crippen molar-refractivity contribution in [2.45, 2.75) is 65.1 Å². The Balaban J connectivity index is 0.000000156. The van der Waals surface area contributed by atoms with Crippen LogP contribution in [0.4, 0.5) is 11.4 Å². The minimum atomic E-state index is -1.99. The van der Waals surface area contributed by atoms with Gasteiger partial charge < -0.3 is 9.80 Å². The van der Waals surface area contributed by atoms with Crippen LogP contribution >= 0.6 is 0 Å². The summed E-state index contributed by atoms with van der Waals surface area (Å²) in [4.78, 5) is 16.9. The van der Waals surface area contributed by atoms with E-state index in [9.17, 15) is 0 Å². The zero-order valence-corrected chi connectivity index (χ0v) is 50.8. The molecule has 4 aliphatic heterocycles. The monoisotopic (exact) mass is 1060 g/mol. The molecule has 6 nitrogen and oxygen atoms in total. The molecular formula is C70H76N4O2Si2+2. The first-order chi connectivity index (χ1) is 37.1. The minimum Gasteiger partial charge on any atom is -0.378 e. The highest BCUT2D eigenvalue weighted by molar-refractivity contribution is 6.98. The lowest BCUT2D eigenvalue weighted by atomic mass is 9.58. The van der Waals surface area contributed by atoms with Crippen molar-refractivity contribution in [1.29, 1.82) is 0 Å². The number of allylic oxidation sites excluding steroid dienone is 12. The summed E-state index contributed by atoms with van der Waals surface area (Å²) in [6.45, 7) is 19.0. The molecule has 78 heavy (non-hydrogen) atoms. The second-order valence-corrected chi connectivity index (χ2v) is 33.7. The second-order valence-electron chi connectivity index (χ2n) is 25.0. The van der Waals surface area contributed by atoms with Gasteiger partial charge in [0.25, 0.3) is 0 Å². The van der Waals surface area contributed by atoms with Gasteiger partial charge in [-0.15, -0.1) is 0 Å². The summed E-state index contributed by atoms with van der Waals surface area (Å²) in [5.74, 6) is 0.477. The zero-order valence-electron chi connectivity index (χ0n) is 48.8. The molecule has 0 spiro atoms. The topological polar surface area (TPSA) is 31.0 Å². The van der Waals surface area contributed by atoms with Crippen LogP contribution < -0.4 is 20.2 Å². The quantitative estimate of drug-likeness (QED) is 0.0762. The van der Waals surface area contributed by atoms with Crippen molar-refractivity contribution in [2.75, 3.05) is 66.2 Å². The molecule has 2 bridgehead atoms. The van der Waals surface area contributed by atoms with E-state index >= 15 is 0 Å². The predicted molar refractivity (Wildman–Crippen MR) is 336 cm³/mol. The van der Waals surface area contributed by atoms with Gasteiger partial charge in [-0.3, -0.25) is 0 Å². The number of nitrogens with zero attached hydrogens (tertiary/aromatic N) is 4. The van der Waals surface area contributed by atoms with Gasteiger partial charge in [-0.05, 0) is 185 Å². The Kier molecular flexibility index (Phi) is 12.2. The van der Waals surface area contributed by atoms with Crippen LogP contribution in [0.15, 0.2) is 179 Å². The van der Waals surface area contributed by atoms with Crippen LogP contribution in [0.3, 0.4) is 0 Å². The number of rotatable bonds is 4. The lowest BCUT2D eigenvalue weighted by Crippen LogP contribution is -2.59. The van der Waals surface area contributed by atoms with Crippen LogP contribution in [0.2, 0.25) is 26.2 Å². The molecule has 394 valence electrons. The van der Waals surface area contributed by atoms with E-state index in [4.69, 9.17) is 9.78 Å². The lowest BCUT2D eigenvalue weighted by Gasteiger charge is -2.58. The molecule has 4 unspecified atom stereocenters. The molecule has 1 fully saturated rings. The first-order valence-electron chi connectivity index (χ1n) is 27.9. The van der Waals surface area contributed by atoms with E-state index in [2.05, 4.69) is 287 Å². The maximum atomic E-state index is 6.26. The van der Waals surface area contributed by atoms with Gasteiger partial charge in [0.2, 0.25) is 0 Å². The smallest absolute Gasteiger partial charge is 0.199 e. The van der Waals surface area contributed by atoms with Crippen LogP contribution in [-0.4, -0.2) is 93.1 Å². The second kappa shape index (κ2) is 18.3. The summed E-state index contributed by atoms with van der Waals surface area (Å²) >= 11 is 0. The first kappa shape index (κ1) is 51.8. The predicted octanol–water partition coefficient (Wildman–Crippen LogP) is 13.2. The first-order valence-corrected chi connectivity index (χ1v) is 33.9. The third-order valence-electron chi connectivity index (χ3n) is 18.9.